The number of carbonyl (C=O) groups is 1. The van der Waals surface area contributed by atoms with Crippen LogP contribution in [0.15, 0.2) is 48.8 Å². The number of primary amides is 1. The molecule has 2 fully saturated rings. The third-order valence-corrected chi connectivity index (χ3v) is 8.78. The Labute approximate surface area is 227 Å². The number of carbonyl (C=O) groups excluding carboxylic acids is 1. The molecular formula is C27H25ClFN9O. The summed E-state index contributed by atoms with van der Waals surface area (Å²) in [6.45, 7) is 1.89. The van der Waals surface area contributed by atoms with Gasteiger partial charge in [-0.15, -0.1) is 0 Å². The highest BCUT2D eigenvalue weighted by Crippen LogP contribution is 2.63. The van der Waals surface area contributed by atoms with E-state index in [4.69, 9.17) is 33.0 Å². The van der Waals surface area contributed by atoms with E-state index >= 15 is 0 Å². The summed E-state index contributed by atoms with van der Waals surface area (Å²) in [6.07, 6.45) is 4.34. The molecule has 39 heavy (non-hydrogen) atoms. The van der Waals surface area contributed by atoms with Gasteiger partial charge in [0.2, 0.25) is 11.6 Å². The first kappa shape index (κ1) is 24.0. The smallest absolute Gasteiger partial charge is 0.239 e. The van der Waals surface area contributed by atoms with Gasteiger partial charge in [0.1, 0.15) is 23.7 Å². The van der Waals surface area contributed by atoms with E-state index in [1.165, 1.54) is 10.7 Å². The molecule has 1 saturated carbocycles. The minimum absolute atomic E-state index is 0.0353. The fourth-order valence-electron chi connectivity index (χ4n) is 6.51. The number of rotatable bonds is 6. The van der Waals surface area contributed by atoms with Gasteiger partial charge in [0.25, 0.3) is 0 Å². The number of nitrogens with two attached hydrogens (primary N) is 2. The van der Waals surface area contributed by atoms with Crippen LogP contribution in [0.2, 0.25) is 5.02 Å². The van der Waals surface area contributed by atoms with Gasteiger partial charge in [0.05, 0.1) is 22.4 Å². The topological polar surface area (TPSA) is 145 Å². The van der Waals surface area contributed by atoms with Crippen molar-refractivity contribution in [3.05, 3.63) is 65.2 Å². The van der Waals surface area contributed by atoms with Gasteiger partial charge in [-0.2, -0.15) is 10.2 Å². The SMILES string of the molecule is NC[C@@]1(c2ccccc2F)C2CN(c3cnc4c(-c5ccc6nn(CC(N)=O)cc6c5Cl)[nH]nc4n3)CC[C@H]21. The summed E-state index contributed by atoms with van der Waals surface area (Å²) in [4.78, 5) is 23.0. The second-order valence-electron chi connectivity index (χ2n) is 10.3. The van der Waals surface area contributed by atoms with Gasteiger partial charge in [-0.05, 0) is 42.0 Å². The van der Waals surface area contributed by atoms with Crippen LogP contribution in [0.5, 0.6) is 0 Å². The lowest BCUT2D eigenvalue weighted by Gasteiger charge is -2.26. The van der Waals surface area contributed by atoms with E-state index < -0.39 is 5.91 Å². The molecule has 0 bridgehead atoms. The van der Waals surface area contributed by atoms with Gasteiger partial charge in [-0.25, -0.2) is 14.4 Å². The summed E-state index contributed by atoms with van der Waals surface area (Å²) < 4.78 is 16.2. The second-order valence-corrected chi connectivity index (χ2v) is 10.7. The standard InChI is InChI=1S/C27H25ClFN9O/c28-23-14(5-6-20-15(23)10-38(36-20)12-21(31)39)24-25-26(35-34-24)33-22(9-32-25)37-8-7-16-18(11-37)27(16,13-30)17-3-1-2-4-19(17)29/h1-6,9-10,16,18H,7-8,11-13,30H2,(H2,31,39)(H,33,34,35)/t16-,18?,27-/m1/s1. The van der Waals surface area contributed by atoms with Crippen LogP contribution in [0.1, 0.15) is 12.0 Å². The Balaban J connectivity index is 1.18. The van der Waals surface area contributed by atoms with Crippen molar-refractivity contribution >= 4 is 45.4 Å². The van der Waals surface area contributed by atoms with Gasteiger partial charge < -0.3 is 16.4 Å². The predicted molar refractivity (Wildman–Crippen MR) is 146 cm³/mol. The number of H-pyrrole nitrogens is 1. The summed E-state index contributed by atoms with van der Waals surface area (Å²) in [5.41, 5.74) is 15.0. The molecule has 3 aromatic heterocycles. The number of nitrogens with zero attached hydrogens (tertiary/aromatic N) is 6. The Kier molecular flexibility index (Phi) is 5.36. The van der Waals surface area contributed by atoms with Crippen LogP contribution in [0.25, 0.3) is 33.3 Å². The maximum atomic E-state index is 14.7. The number of halogens is 2. The zero-order valence-electron chi connectivity index (χ0n) is 20.8. The third kappa shape index (κ3) is 3.60. The number of amides is 1. The number of piperidine rings is 1. The lowest BCUT2D eigenvalue weighted by Crippen LogP contribution is -2.32. The molecule has 1 aliphatic heterocycles. The van der Waals surface area contributed by atoms with Gasteiger partial charge in [-0.1, -0.05) is 29.8 Å². The molecule has 5 N–H and O–H groups in total. The Morgan fingerprint density at radius 3 is 2.87 bits per heavy atom. The fourth-order valence-corrected chi connectivity index (χ4v) is 6.81. The molecule has 2 aliphatic rings. The fraction of sp³-hybridized carbons (Fsp3) is 0.296. The number of benzene rings is 2. The molecule has 12 heteroatoms. The molecule has 10 nitrogen and oxygen atoms in total. The van der Waals surface area contributed by atoms with Crippen molar-refractivity contribution < 1.29 is 9.18 Å². The van der Waals surface area contributed by atoms with Crippen LogP contribution in [0.4, 0.5) is 10.2 Å². The molecule has 3 atom stereocenters. The van der Waals surface area contributed by atoms with Gasteiger partial charge in [0.15, 0.2) is 0 Å². The van der Waals surface area contributed by atoms with Crippen LogP contribution in [-0.2, 0) is 16.8 Å². The molecule has 1 saturated heterocycles. The first-order valence-corrected chi connectivity index (χ1v) is 13.1. The first-order chi connectivity index (χ1) is 18.9. The average Bonchev–Trinajstić information content (AvgIpc) is 3.18. The summed E-state index contributed by atoms with van der Waals surface area (Å²) in [5, 5.41) is 13.0. The number of aromatic amines is 1. The molecule has 5 aromatic rings. The van der Waals surface area contributed by atoms with E-state index in [2.05, 4.69) is 20.2 Å². The molecule has 1 aliphatic carbocycles. The van der Waals surface area contributed by atoms with E-state index in [0.717, 1.165) is 30.9 Å². The zero-order valence-corrected chi connectivity index (χ0v) is 21.6. The molecular weight excluding hydrogens is 521 g/mol. The highest BCUT2D eigenvalue weighted by molar-refractivity contribution is 6.38. The normalized spacial score (nSPS) is 22.4. The van der Waals surface area contributed by atoms with E-state index in [0.29, 0.717) is 50.8 Å². The van der Waals surface area contributed by atoms with E-state index in [1.54, 1.807) is 18.5 Å². The van der Waals surface area contributed by atoms with Crippen molar-refractivity contribution in [2.24, 2.45) is 23.3 Å². The van der Waals surface area contributed by atoms with E-state index in [1.807, 2.05) is 24.3 Å². The summed E-state index contributed by atoms with van der Waals surface area (Å²) in [6, 6.07) is 10.6. The lowest BCUT2D eigenvalue weighted by molar-refractivity contribution is -0.118. The Hall–Kier alpha value is -4.09. The molecule has 0 radical (unpaired) electrons. The number of hydrogen-bond acceptors (Lipinski definition) is 7. The van der Waals surface area contributed by atoms with Crippen LogP contribution in [-0.4, -0.2) is 55.5 Å². The summed E-state index contributed by atoms with van der Waals surface area (Å²) in [5.74, 6) is 0.651. The molecule has 4 heterocycles. The molecule has 198 valence electrons. The summed E-state index contributed by atoms with van der Waals surface area (Å²) in [7, 11) is 0. The average molecular weight is 546 g/mol. The Morgan fingerprint density at radius 2 is 2.08 bits per heavy atom. The van der Waals surface area contributed by atoms with Crippen molar-refractivity contribution in [1.29, 1.82) is 0 Å². The zero-order chi connectivity index (χ0) is 26.9. The van der Waals surface area contributed by atoms with Crippen LogP contribution >= 0.6 is 11.6 Å². The maximum Gasteiger partial charge on any atom is 0.239 e. The van der Waals surface area contributed by atoms with E-state index in [9.17, 15) is 9.18 Å². The van der Waals surface area contributed by atoms with Crippen molar-refractivity contribution in [1.82, 2.24) is 29.9 Å². The molecule has 1 unspecified atom stereocenters. The molecule has 0 spiro atoms. The van der Waals surface area contributed by atoms with E-state index in [-0.39, 0.29) is 23.7 Å². The quantitative estimate of drug-likeness (QED) is 0.297. The number of nitrogens with one attached hydrogen (secondary N) is 1. The van der Waals surface area contributed by atoms with Crippen LogP contribution in [0.3, 0.4) is 0 Å². The number of aromatic nitrogens is 6. The van der Waals surface area contributed by atoms with Crippen molar-refractivity contribution in [2.75, 3.05) is 24.5 Å². The third-order valence-electron chi connectivity index (χ3n) is 8.37. The largest absolute Gasteiger partial charge is 0.368 e. The van der Waals surface area contributed by atoms with Crippen molar-refractivity contribution in [2.45, 2.75) is 18.4 Å². The second kappa shape index (κ2) is 8.72. The first-order valence-electron chi connectivity index (χ1n) is 12.8. The van der Waals surface area contributed by atoms with Gasteiger partial charge >= 0.3 is 0 Å². The number of anilines is 1. The van der Waals surface area contributed by atoms with Crippen LogP contribution in [0, 0.1) is 17.7 Å². The van der Waals surface area contributed by atoms with Crippen LogP contribution < -0.4 is 16.4 Å². The predicted octanol–water partition coefficient (Wildman–Crippen LogP) is 3.00. The summed E-state index contributed by atoms with van der Waals surface area (Å²) >= 11 is 6.75. The molecule has 2 aromatic carbocycles. The Morgan fingerprint density at radius 1 is 1.23 bits per heavy atom. The minimum atomic E-state index is -0.489. The lowest BCUT2D eigenvalue weighted by atomic mass is 9.91. The Bertz CT molecular complexity index is 1770. The number of fused-ring (bicyclic) bond motifs is 3. The highest BCUT2D eigenvalue weighted by Gasteiger charge is 2.66. The van der Waals surface area contributed by atoms with Gasteiger partial charge in [0, 0.05) is 42.2 Å². The monoisotopic (exact) mass is 545 g/mol. The van der Waals surface area contributed by atoms with Gasteiger partial charge in [-0.3, -0.25) is 14.6 Å². The maximum absolute atomic E-state index is 14.7. The minimum Gasteiger partial charge on any atom is -0.368 e. The number of hydrogen-bond donors (Lipinski definition) is 3. The highest BCUT2D eigenvalue weighted by atomic mass is 35.5. The molecule has 1 amide bonds. The molecule has 7 rings (SSSR count). The van der Waals surface area contributed by atoms with Crippen molar-refractivity contribution in [3.63, 3.8) is 0 Å². The van der Waals surface area contributed by atoms with Crippen molar-refractivity contribution in [3.8, 4) is 11.3 Å².